The Morgan fingerprint density at radius 2 is 1.94 bits per heavy atom. The normalized spacial score (nSPS) is 11.6. The number of unbranched alkanes of at least 4 members (excludes halogenated alkanes) is 2. The molecule has 0 amide bonds. The molecule has 0 saturated carbocycles. The van der Waals surface area contributed by atoms with Crippen LogP contribution in [0.15, 0.2) is 6.07 Å². The monoisotopic (exact) mass is 272 g/mol. The highest BCUT2D eigenvalue weighted by Crippen LogP contribution is 2.23. The van der Waals surface area contributed by atoms with Crippen molar-refractivity contribution in [3.63, 3.8) is 0 Å². The van der Waals surface area contributed by atoms with Gasteiger partial charge >= 0.3 is 0 Å². The lowest BCUT2D eigenvalue weighted by atomic mass is 9.96. The van der Waals surface area contributed by atoms with Crippen LogP contribution in [0.4, 0.5) is 0 Å². The van der Waals surface area contributed by atoms with E-state index >= 15 is 0 Å². The van der Waals surface area contributed by atoms with E-state index < -0.39 is 0 Å². The molecule has 1 heterocycles. The van der Waals surface area contributed by atoms with Crippen molar-refractivity contribution in [1.82, 2.24) is 9.97 Å². The van der Waals surface area contributed by atoms with Gasteiger partial charge in [0.1, 0.15) is 11.0 Å². The summed E-state index contributed by atoms with van der Waals surface area (Å²) in [5.74, 6) is 1.20. The lowest BCUT2D eigenvalue weighted by molar-refractivity contribution is 0.261. The molecule has 0 unspecified atom stereocenters. The second kappa shape index (κ2) is 6.90. The van der Waals surface area contributed by atoms with E-state index in [1.54, 1.807) is 6.07 Å². The molecule has 1 aromatic heterocycles. The van der Waals surface area contributed by atoms with Crippen LogP contribution in [0.2, 0.25) is 5.15 Å². The molecule has 1 N–H and O–H groups in total. The molecular weight excluding hydrogens is 252 g/mol. The number of ether oxygens (including phenoxy) is 1. The third-order valence-electron chi connectivity index (χ3n) is 2.39. The second-order valence-corrected chi connectivity index (χ2v) is 5.62. The summed E-state index contributed by atoms with van der Waals surface area (Å²) in [6.07, 6.45) is 2.65. The Balaban J connectivity index is 2.58. The van der Waals surface area contributed by atoms with E-state index in [0.29, 0.717) is 23.5 Å². The number of aliphatic hydroxyl groups is 1. The van der Waals surface area contributed by atoms with Crippen LogP contribution in [-0.4, -0.2) is 28.3 Å². The fourth-order valence-corrected chi connectivity index (χ4v) is 1.55. The molecule has 0 saturated heterocycles. The molecule has 102 valence electrons. The van der Waals surface area contributed by atoms with E-state index in [1.807, 2.05) is 20.8 Å². The summed E-state index contributed by atoms with van der Waals surface area (Å²) in [6, 6.07) is 1.63. The number of nitrogens with zero attached hydrogens (tertiary/aromatic N) is 2. The third kappa shape index (κ3) is 5.19. The Hall–Kier alpha value is -0.870. The summed E-state index contributed by atoms with van der Waals surface area (Å²) in [4.78, 5) is 8.56. The molecule has 18 heavy (non-hydrogen) atoms. The van der Waals surface area contributed by atoms with Gasteiger partial charge in [-0.1, -0.05) is 32.4 Å². The van der Waals surface area contributed by atoms with Crippen molar-refractivity contribution in [1.29, 1.82) is 0 Å². The maximum absolute atomic E-state index is 8.67. The highest BCUT2D eigenvalue weighted by atomic mass is 35.5. The molecule has 5 heteroatoms. The maximum atomic E-state index is 8.67. The van der Waals surface area contributed by atoms with Gasteiger partial charge in [-0.25, -0.2) is 4.98 Å². The third-order valence-corrected chi connectivity index (χ3v) is 2.59. The van der Waals surface area contributed by atoms with Gasteiger partial charge in [-0.15, -0.1) is 0 Å². The van der Waals surface area contributed by atoms with E-state index in [2.05, 4.69) is 9.97 Å². The van der Waals surface area contributed by atoms with Gasteiger partial charge in [0.25, 0.3) is 0 Å². The fourth-order valence-electron chi connectivity index (χ4n) is 1.37. The van der Waals surface area contributed by atoms with E-state index in [0.717, 1.165) is 19.3 Å². The molecule has 0 aliphatic rings. The van der Waals surface area contributed by atoms with Crippen molar-refractivity contribution < 1.29 is 9.84 Å². The molecule has 0 radical (unpaired) electrons. The Labute approximate surface area is 113 Å². The summed E-state index contributed by atoms with van der Waals surface area (Å²) >= 11 is 5.95. The number of rotatable bonds is 6. The summed E-state index contributed by atoms with van der Waals surface area (Å²) in [5.41, 5.74) is -0.153. The molecule has 0 aromatic carbocycles. The van der Waals surface area contributed by atoms with Gasteiger partial charge in [0.05, 0.1) is 6.61 Å². The summed E-state index contributed by atoms with van der Waals surface area (Å²) in [7, 11) is 0. The van der Waals surface area contributed by atoms with Crippen molar-refractivity contribution in [3.8, 4) is 5.88 Å². The minimum Gasteiger partial charge on any atom is -0.478 e. The van der Waals surface area contributed by atoms with Gasteiger partial charge in [0.15, 0.2) is 0 Å². The van der Waals surface area contributed by atoms with E-state index in [4.69, 9.17) is 21.4 Å². The van der Waals surface area contributed by atoms with Crippen LogP contribution >= 0.6 is 11.6 Å². The first-order valence-electron chi connectivity index (χ1n) is 6.22. The van der Waals surface area contributed by atoms with Crippen molar-refractivity contribution in [2.24, 2.45) is 0 Å². The Bertz CT molecular complexity index is 378. The van der Waals surface area contributed by atoms with Gasteiger partial charge in [-0.05, 0) is 19.3 Å². The average molecular weight is 273 g/mol. The highest BCUT2D eigenvalue weighted by molar-refractivity contribution is 6.29. The van der Waals surface area contributed by atoms with Gasteiger partial charge < -0.3 is 9.84 Å². The van der Waals surface area contributed by atoms with E-state index in [-0.39, 0.29) is 12.0 Å². The zero-order valence-corrected chi connectivity index (χ0v) is 12.0. The standard InChI is InChI=1S/C13H21ClN2O2/c1-13(2,3)12-15-10(14)9-11(16-12)18-8-6-4-5-7-17/h9,17H,4-8H2,1-3H3. The molecule has 0 aliphatic carbocycles. The lowest BCUT2D eigenvalue weighted by Crippen LogP contribution is -2.16. The Morgan fingerprint density at radius 1 is 1.22 bits per heavy atom. The quantitative estimate of drug-likeness (QED) is 0.639. The minimum absolute atomic E-state index is 0.153. The zero-order valence-electron chi connectivity index (χ0n) is 11.2. The summed E-state index contributed by atoms with van der Waals surface area (Å²) in [6.45, 7) is 6.90. The van der Waals surface area contributed by atoms with Gasteiger partial charge in [0, 0.05) is 18.1 Å². The zero-order chi connectivity index (χ0) is 13.6. The van der Waals surface area contributed by atoms with Crippen molar-refractivity contribution >= 4 is 11.6 Å². The molecule has 1 rings (SSSR count). The van der Waals surface area contributed by atoms with Gasteiger partial charge in [-0.2, -0.15) is 4.98 Å². The summed E-state index contributed by atoms with van der Waals surface area (Å²) in [5, 5.41) is 9.07. The molecular formula is C13H21ClN2O2. The first-order valence-corrected chi connectivity index (χ1v) is 6.60. The van der Waals surface area contributed by atoms with Crippen LogP contribution in [0.3, 0.4) is 0 Å². The fraction of sp³-hybridized carbons (Fsp3) is 0.692. The van der Waals surface area contributed by atoms with Crippen LogP contribution in [0.5, 0.6) is 5.88 Å². The molecule has 0 spiro atoms. The second-order valence-electron chi connectivity index (χ2n) is 5.24. The van der Waals surface area contributed by atoms with E-state index in [9.17, 15) is 0 Å². The molecule has 0 bridgehead atoms. The molecule has 0 fully saturated rings. The minimum atomic E-state index is -0.153. The predicted molar refractivity (Wildman–Crippen MR) is 72.2 cm³/mol. The number of hydrogen-bond donors (Lipinski definition) is 1. The van der Waals surface area contributed by atoms with E-state index in [1.165, 1.54) is 0 Å². The van der Waals surface area contributed by atoms with Crippen LogP contribution in [-0.2, 0) is 5.41 Å². The number of halogens is 1. The Kier molecular flexibility index (Phi) is 5.82. The molecule has 4 nitrogen and oxygen atoms in total. The average Bonchev–Trinajstić information content (AvgIpc) is 2.27. The number of aliphatic hydroxyl groups excluding tert-OH is 1. The topological polar surface area (TPSA) is 55.2 Å². The summed E-state index contributed by atoms with van der Waals surface area (Å²) < 4.78 is 5.55. The number of hydrogen-bond acceptors (Lipinski definition) is 4. The Morgan fingerprint density at radius 3 is 2.56 bits per heavy atom. The SMILES string of the molecule is CC(C)(C)c1nc(Cl)cc(OCCCCCO)n1. The van der Waals surface area contributed by atoms with Crippen LogP contribution in [0.25, 0.3) is 0 Å². The smallest absolute Gasteiger partial charge is 0.218 e. The van der Waals surface area contributed by atoms with Crippen molar-refractivity contribution in [2.75, 3.05) is 13.2 Å². The van der Waals surface area contributed by atoms with Crippen LogP contribution in [0.1, 0.15) is 45.9 Å². The van der Waals surface area contributed by atoms with Crippen molar-refractivity contribution in [3.05, 3.63) is 17.0 Å². The molecule has 0 atom stereocenters. The first kappa shape index (κ1) is 15.2. The molecule has 0 aliphatic heterocycles. The van der Waals surface area contributed by atoms with Gasteiger partial charge in [0.2, 0.25) is 5.88 Å². The highest BCUT2D eigenvalue weighted by Gasteiger charge is 2.19. The first-order chi connectivity index (χ1) is 8.43. The van der Waals surface area contributed by atoms with Gasteiger partial charge in [-0.3, -0.25) is 0 Å². The largest absolute Gasteiger partial charge is 0.478 e. The number of aromatic nitrogens is 2. The van der Waals surface area contributed by atoms with Crippen molar-refractivity contribution in [2.45, 2.75) is 45.4 Å². The molecule has 1 aromatic rings. The predicted octanol–water partition coefficient (Wildman–Crippen LogP) is 2.97. The lowest BCUT2D eigenvalue weighted by Gasteiger charge is -2.17. The maximum Gasteiger partial charge on any atom is 0.218 e. The van der Waals surface area contributed by atoms with Crippen LogP contribution in [0, 0.1) is 0 Å². The van der Waals surface area contributed by atoms with Crippen LogP contribution < -0.4 is 4.74 Å².